The molecular formula is C21H23F3N2O3S. The number of carbonyl (C=O) groups is 1. The number of benzene rings is 2. The van der Waals surface area contributed by atoms with E-state index in [1.165, 1.54) is 6.07 Å². The SMILES string of the molecule is Cc1ccc(CS(=O)(=O)Nc2cccc3c2N(CC(F)(F)F)C(=O)CC3(C)C)cc1. The number of halogens is 3. The molecule has 2 aromatic carbocycles. The van der Waals surface area contributed by atoms with Gasteiger partial charge in [-0.05, 0) is 24.1 Å². The summed E-state index contributed by atoms with van der Waals surface area (Å²) in [7, 11) is -3.93. The van der Waals surface area contributed by atoms with Crippen molar-refractivity contribution in [3.05, 3.63) is 59.2 Å². The highest BCUT2D eigenvalue weighted by Gasteiger charge is 2.43. The van der Waals surface area contributed by atoms with Crippen LogP contribution >= 0.6 is 0 Å². The molecule has 0 saturated heterocycles. The number of anilines is 2. The summed E-state index contributed by atoms with van der Waals surface area (Å²) in [6, 6.07) is 11.5. The van der Waals surface area contributed by atoms with E-state index in [0.717, 1.165) is 5.56 Å². The number of aryl methyl sites for hydroxylation is 1. The Morgan fingerprint density at radius 3 is 2.33 bits per heavy atom. The molecule has 5 nitrogen and oxygen atoms in total. The van der Waals surface area contributed by atoms with Gasteiger partial charge in [-0.25, -0.2) is 8.42 Å². The third-order valence-electron chi connectivity index (χ3n) is 5.01. The van der Waals surface area contributed by atoms with Crippen molar-refractivity contribution in [1.82, 2.24) is 0 Å². The van der Waals surface area contributed by atoms with E-state index in [-0.39, 0.29) is 23.5 Å². The Kier molecular flexibility index (Phi) is 5.62. The molecule has 162 valence electrons. The number of amides is 1. The van der Waals surface area contributed by atoms with Crippen molar-refractivity contribution in [3.8, 4) is 0 Å². The monoisotopic (exact) mass is 440 g/mol. The number of hydrogen-bond donors (Lipinski definition) is 1. The molecule has 2 aromatic rings. The minimum absolute atomic E-state index is 0.0370. The molecule has 0 fully saturated rings. The van der Waals surface area contributed by atoms with Crippen LogP contribution in [0.15, 0.2) is 42.5 Å². The zero-order valence-electron chi connectivity index (χ0n) is 16.9. The average molecular weight is 440 g/mol. The van der Waals surface area contributed by atoms with Gasteiger partial charge in [-0.15, -0.1) is 0 Å². The van der Waals surface area contributed by atoms with E-state index in [1.54, 1.807) is 50.2 Å². The van der Waals surface area contributed by atoms with Gasteiger partial charge in [-0.2, -0.15) is 13.2 Å². The molecule has 30 heavy (non-hydrogen) atoms. The second-order valence-electron chi connectivity index (χ2n) is 8.20. The van der Waals surface area contributed by atoms with Crippen molar-refractivity contribution >= 4 is 27.3 Å². The highest BCUT2D eigenvalue weighted by molar-refractivity contribution is 7.91. The van der Waals surface area contributed by atoms with Gasteiger partial charge in [0.1, 0.15) is 6.54 Å². The van der Waals surface area contributed by atoms with Crippen LogP contribution in [-0.2, 0) is 26.0 Å². The summed E-state index contributed by atoms with van der Waals surface area (Å²) in [5.74, 6) is -1.04. The van der Waals surface area contributed by atoms with Gasteiger partial charge < -0.3 is 4.90 Å². The van der Waals surface area contributed by atoms with Crippen LogP contribution in [0.5, 0.6) is 0 Å². The van der Waals surface area contributed by atoms with Crippen molar-refractivity contribution in [1.29, 1.82) is 0 Å². The largest absolute Gasteiger partial charge is 0.406 e. The van der Waals surface area contributed by atoms with Crippen LogP contribution in [0.2, 0.25) is 0 Å². The molecule has 1 aliphatic heterocycles. The first kappa shape index (κ1) is 22.1. The van der Waals surface area contributed by atoms with Gasteiger partial charge >= 0.3 is 6.18 Å². The first-order valence-electron chi connectivity index (χ1n) is 9.34. The molecule has 0 aliphatic carbocycles. The average Bonchev–Trinajstić information content (AvgIpc) is 2.59. The molecule has 1 amide bonds. The maximum absolute atomic E-state index is 13.2. The zero-order valence-corrected chi connectivity index (χ0v) is 17.7. The lowest BCUT2D eigenvalue weighted by molar-refractivity contribution is -0.133. The van der Waals surface area contributed by atoms with Crippen LogP contribution in [0.4, 0.5) is 24.5 Å². The Bertz CT molecular complexity index is 1060. The van der Waals surface area contributed by atoms with E-state index in [2.05, 4.69) is 4.72 Å². The number of hydrogen-bond acceptors (Lipinski definition) is 3. The molecule has 0 bridgehead atoms. The summed E-state index contributed by atoms with van der Waals surface area (Å²) in [6.45, 7) is 3.89. The normalized spacial score (nSPS) is 16.3. The Morgan fingerprint density at radius 2 is 1.73 bits per heavy atom. The summed E-state index contributed by atoms with van der Waals surface area (Å²) < 4.78 is 67.3. The van der Waals surface area contributed by atoms with Crippen molar-refractivity contribution in [2.45, 2.75) is 44.5 Å². The fourth-order valence-corrected chi connectivity index (χ4v) is 4.81. The molecule has 1 heterocycles. The van der Waals surface area contributed by atoms with Crippen LogP contribution in [0.25, 0.3) is 0 Å². The van der Waals surface area contributed by atoms with E-state index >= 15 is 0 Å². The number of nitrogens with one attached hydrogen (secondary N) is 1. The highest BCUT2D eigenvalue weighted by Crippen LogP contribution is 2.45. The molecule has 0 atom stereocenters. The number of alkyl halides is 3. The summed E-state index contributed by atoms with van der Waals surface area (Å²) in [6.07, 6.45) is -4.72. The summed E-state index contributed by atoms with van der Waals surface area (Å²) in [4.78, 5) is 13.2. The first-order valence-corrected chi connectivity index (χ1v) is 11.0. The lowest BCUT2D eigenvalue weighted by Crippen LogP contribution is -2.46. The van der Waals surface area contributed by atoms with Crippen LogP contribution < -0.4 is 9.62 Å². The Hall–Kier alpha value is -2.55. The van der Waals surface area contributed by atoms with E-state index in [4.69, 9.17) is 0 Å². The molecule has 0 spiro atoms. The molecule has 3 rings (SSSR count). The maximum Gasteiger partial charge on any atom is 0.406 e. The lowest BCUT2D eigenvalue weighted by Gasteiger charge is -2.40. The van der Waals surface area contributed by atoms with Crippen LogP contribution in [0, 0.1) is 6.92 Å². The smallest absolute Gasteiger partial charge is 0.301 e. The number of rotatable bonds is 5. The van der Waals surface area contributed by atoms with Gasteiger partial charge in [-0.3, -0.25) is 9.52 Å². The second-order valence-corrected chi connectivity index (χ2v) is 9.93. The van der Waals surface area contributed by atoms with Crippen molar-refractivity contribution in [2.24, 2.45) is 0 Å². The van der Waals surface area contributed by atoms with Crippen LogP contribution in [-0.4, -0.2) is 27.0 Å². The van der Waals surface area contributed by atoms with E-state index < -0.39 is 34.1 Å². The molecule has 9 heteroatoms. The van der Waals surface area contributed by atoms with Crippen molar-refractivity contribution < 1.29 is 26.4 Å². The summed E-state index contributed by atoms with van der Waals surface area (Å²) in [5.41, 5.74) is 1.20. The summed E-state index contributed by atoms with van der Waals surface area (Å²) >= 11 is 0. The molecule has 1 aliphatic rings. The van der Waals surface area contributed by atoms with Crippen molar-refractivity contribution in [2.75, 3.05) is 16.2 Å². The minimum atomic E-state index is -4.62. The molecular weight excluding hydrogens is 417 g/mol. The van der Waals surface area contributed by atoms with E-state index in [0.29, 0.717) is 16.0 Å². The summed E-state index contributed by atoms with van der Waals surface area (Å²) in [5, 5.41) is 0. The Balaban J connectivity index is 2.02. The fourth-order valence-electron chi connectivity index (χ4n) is 3.61. The van der Waals surface area contributed by atoms with Gasteiger partial charge in [0.15, 0.2) is 0 Å². The fraction of sp³-hybridized carbons (Fsp3) is 0.381. The quantitative estimate of drug-likeness (QED) is 0.744. The molecule has 0 aromatic heterocycles. The van der Waals surface area contributed by atoms with Gasteiger partial charge in [-0.1, -0.05) is 55.8 Å². The minimum Gasteiger partial charge on any atom is -0.301 e. The topological polar surface area (TPSA) is 66.5 Å². The molecule has 0 unspecified atom stereocenters. The zero-order chi connectivity index (χ0) is 22.3. The third-order valence-corrected chi connectivity index (χ3v) is 6.25. The number of fused-ring (bicyclic) bond motifs is 1. The second kappa shape index (κ2) is 7.61. The predicted octanol–water partition coefficient (Wildman–Crippen LogP) is 4.51. The van der Waals surface area contributed by atoms with Crippen molar-refractivity contribution in [3.63, 3.8) is 0 Å². The standard InChI is InChI=1S/C21H23F3N2O3S/c1-14-7-9-15(10-8-14)12-30(28,29)25-17-6-4-5-16-19(17)26(13-21(22,23)24)18(27)11-20(16,2)3/h4-10,25H,11-13H2,1-3H3. The van der Waals surface area contributed by atoms with Gasteiger partial charge in [0.2, 0.25) is 15.9 Å². The molecule has 0 saturated carbocycles. The number of carbonyl (C=O) groups excluding carboxylic acids is 1. The Morgan fingerprint density at radius 1 is 1.10 bits per heavy atom. The van der Waals surface area contributed by atoms with E-state index in [1.807, 2.05) is 6.92 Å². The molecule has 1 N–H and O–H groups in total. The maximum atomic E-state index is 13.2. The molecule has 0 radical (unpaired) electrons. The highest BCUT2D eigenvalue weighted by atomic mass is 32.2. The number of sulfonamides is 1. The van der Waals surface area contributed by atoms with Crippen LogP contribution in [0.3, 0.4) is 0 Å². The van der Waals surface area contributed by atoms with E-state index in [9.17, 15) is 26.4 Å². The number of para-hydroxylation sites is 1. The van der Waals surface area contributed by atoms with Gasteiger partial charge in [0.05, 0.1) is 17.1 Å². The third kappa shape index (κ3) is 4.95. The van der Waals surface area contributed by atoms with Gasteiger partial charge in [0, 0.05) is 11.8 Å². The number of nitrogens with zero attached hydrogens (tertiary/aromatic N) is 1. The van der Waals surface area contributed by atoms with Gasteiger partial charge in [0.25, 0.3) is 0 Å². The van der Waals surface area contributed by atoms with Crippen LogP contribution in [0.1, 0.15) is 37.0 Å². The predicted molar refractivity (Wildman–Crippen MR) is 110 cm³/mol. The lowest BCUT2D eigenvalue weighted by atomic mass is 9.77. The first-order chi connectivity index (χ1) is 13.8. The Labute approximate surface area is 173 Å².